The number of benzene rings is 1. The van der Waals surface area contributed by atoms with Gasteiger partial charge in [-0.15, -0.1) is 0 Å². The summed E-state index contributed by atoms with van der Waals surface area (Å²) in [5.41, 5.74) is 3.12. The van der Waals surface area contributed by atoms with Gasteiger partial charge in [0.15, 0.2) is 0 Å². The maximum Gasteiger partial charge on any atom is 0.225 e. The molecular weight excluding hydrogens is 386 g/mol. The fourth-order valence-corrected chi connectivity index (χ4v) is 4.92. The third-order valence-corrected chi connectivity index (χ3v) is 6.80. The maximum absolute atomic E-state index is 13.4. The van der Waals surface area contributed by atoms with Crippen molar-refractivity contribution in [3.8, 4) is 11.1 Å². The molecule has 0 spiro atoms. The lowest BCUT2D eigenvalue weighted by Crippen LogP contribution is -2.37. The Morgan fingerprint density at radius 3 is 2.52 bits per heavy atom. The molecular formula is C25H35N5O. The van der Waals surface area contributed by atoms with Crippen LogP contribution < -0.4 is 4.90 Å². The van der Waals surface area contributed by atoms with Crippen LogP contribution in [-0.2, 0) is 4.79 Å². The lowest BCUT2D eigenvalue weighted by Gasteiger charge is -2.33. The number of anilines is 1. The Kier molecular flexibility index (Phi) is 6.86. The Labute approximate surface area is 186 Å². The molecule has 0 N–H and O–H groups in total. The molecule has 2 aromatic rings. The Balaban J connectivity index is 1.57. The van der Waals surface area contributed by atoms with Crippen molar-refractivity contribution in [2.75, 3.05) is 45.2 Å². The summed E-state index contributed by atoms with van der Waals surface area (Å²) >= 11 is 0. The largest absolute Gasteiger partial charge is 0.347 e. The molecule has 166 valence electrons. The van der Waals surface area contributed by atoms with Crippen molar-refractivity contribution >= 4 is 11.9 Å². The summed E-state index contributed by atoms with van der Waals surface area (Å²) in [4.78, 5) is 29.4. The SMILES string of the molecule is CCN1CCC(CC(=O)N2CCC[C@@H]2c2nc(N(C)C)ncc2-c2ccccc2)CC1. The van der Waals surface area contributed by atoms with Gasteiger partial charge in [0.2, 0.25) is 11.9 Å². The molecule has 1 atom stereocenters. The first-order chi connectivity index (χ1) is 15.1. The highest BCUT2D eigenvalue weighted by Gasteiger charge is 2.34. The van der Waals surface area contributed by atoms with Gasteiger partial charge < -0.3 is 14.7 Å². The van der Waals surface area contributed by atoms with Crippen molar-refractivity contribution in [1.82, 2.24) is 19.8 Å². The lowest BCUT2D eigenvalue weighted by molar-refractivity contribution is -0.133. The normalized spacial score (nSPS) is 20.2. The van der Waals surface area contributed by atoms with Crippen LogP contribution in [0.2, 0.25) is 0 Å². The van der Waals surface area contributed by atoms with Crippen LogP contribution in [0.3, 0.4) is 0 Å². The van der Waals surface area contributed by atoms with E-state index in [2.05, 4.69) is 33.8 Å². The van der Waals surface area contributed by atoms with E-state index in [1.807, 2.05) is 43.4 Å². The highest BCUT2D eigenvalue weighted by atomic mass is 16.2. The monoisotopic (exact) mass is 421 g/mol. The minimum atomic E-state index is 0.0279. The predicted octanol–water partition coefficient (Wildman–Crippen LogP) is 4.00. The van der Waals surface area contributed by atoms with Gasteiger partial charge in [0.25, 0.3) is 0 Å². The van der Waals surface area contributed by atoms with E-state index in [0.717, 1.165) is 68.7 Å². The molecule has 0 saturated carbocycles. The van der Waals surface area contributed by atoms with E-state index in [0.29, 0.717) is 24.2 Å². The highest BCUT2D eigenvalue weighted by molar-refractivity contribution is 5.78. The van der Waals surface area contributed by atoms with Gasteiger partial charge in [-0.25, -0.2) is 9.97 Å². The summed E-state index contributed by atoms with van der Waals surface area (Å²) in [6.45, 7) is 6.39. The van der Waals surface area contributed by atoms with Gasteiger partial charge in [-0.3, -0.25) is 4.79 Å². The quantitative estimate of drug-likeness (QED) is 0.706. The number of rotatable bonds is 6. The van der Waals surface area contributed by atoms with E-state index in [-0.39, 0.29) is 6.04 Å². The number of aromatic nitrogens is 2. The number of hydrogen-bond acceptors (Lipinski definition) is 5. The Morgan fingerprint density at radius 1 is 1.10 bits per heavy atom. The Bertz CT molecular complexity index is 877. The fourth-order valence-electron chi connectivity index (χ4n) is 4.92. The number of piperidine rings is 1. The number of carbonyl (C=O) groups excluding carboxylic acids is 1. The van der Waals surface area contributed by atoms with Gasteiger partial charge in [0.05, 0.1) is 11.7 Å². The summed E-state index contributed by atoms with van der Waals surface area (Å²) < 4.78 is 0. The molecule has 6 heteroatoms. The first-order valence-electron chi connectivity index (χ1n) is 11.7. The summed E-state index contributed by atoms with van der Waals surface area (Å²) in [5.74, 6) is 1.50. The van der Waals surface area contributed by atoms with E-state index < -0.39 is 0 Å². The van der Waals surface area contributed by atoms with E-state index in [4.69, 9.17) is 4.98 Å². The van der Waals surface area contributed by atoms with E-state index >= 15 is 0 Å². The van der Waals surface area contributed by atoms with Crippen molar-refractivity contribution in [2.24, 2.45) is 5.92 Å². The van der Waals surface area contributed by atoms with Gasteiger partial charge in [-0.05, 0) is 56.8 Å². The molecule has 2 saturated heterocycles. The molecule has 2 fully saturated rings. The molecule has 6 nitrogen and oxygen atoms in total. The van der Waals surface area contributed by atoms with Crippen LogP contribution in [-0.4, -0.2) is 65.9 Å². The smallest absolute Gasteiger partial charge is 0.225 e. The van der Waals surface area contributed by atoms with Crippen LogP contribution in [0.5, 0.6) is 0 Å². The number of carbonyl (C=O) groups is 1. The van der Waals surface area contributed by atoms with Gasteiger partial charge in [-0.1, -0.05) is 37.3 Å². The average molecular weight is 422 g/mol. The van der Waals surface area contributed by atoms with Crippen LogP contribution in [0.4, 0.5) is 5.95 Å². The topological polar surface area (TPSA) is 52.6 Å². The zero-order valence-corrected chi connectivity index (χ0v) is 19.1. The van der Waals surface area contributed by atoms with Crippen LogP contribution in [0.25, 0.3) is 11.1 Å². The molecule has 0 unspecified atom stereocenters. The minimum absolute atomic E-state index is 0.0279. The summed E-state index contributed by atoms with van der Waals surface area (Å²) in [6.07, 6.45) is 6.84. The van der Waals surface area contributed by atoms with Crippen LogP contribution in [0.15, 0.2) is 36.5 Å². The Morgan fingerprint density at radius 2 is 1.84 bits per heavy atom. The second-order valence-electron chi connectivity index (χ2n) is 9.06. The van der Waals surface area contributed by atoms with Crippen molar-refractivity contribution in [3.63, 3.8) is 0 Å². The summed E-state index contributed by atoms with van der Waals surface area (Å²) in [5, 5.41) is 0. The molecule has 0 bridgehead atoms. The van der Waals surface area contributed by atoms with E-state index in [1.54, 1.807) is 0 Å². The predicted molar refractivity (Wildman–Crippen MR) is 125 cm³/mol. The molecule has 3 heterocycles. The van der Waals surface area contributed by atoms with Crippen LogP contribution in [0, 0.1) is 5.92 Å². The molecule has 2 aliphatic rings. The van der Waals surface area contributed by atoms with Crippen LogP contribution in [0.1, 0.15) is 50.8 Å². The molecule has 1 aromatic carbocycles. The number of likely N-dealkylation sites (tertiary alicyclic amines) is 2. The van der Waals surface area contributed by atoms with Crippen LogP contribution >= 0.6 is 0 Å². The molecule has 4 rings (SSSR count). The molecule has 31 heavy (non-hydrogen) atoms. The van der Waals surface area contributed by atoms with E-state index in [9.17, 15) is 4.79 Å². The molecule has 0 radical (unpaired) electrons. The fraction of sp³-hybridized carbons (Fsp3) is 0.560. The van der Waals surface area contributed by atoms with Crippen molar-refractivity contribution in [1.29, 1.82) is 0 Å². The van der Waals surface area contributed by atoms with Gasteiger partial charge in [-0.2, -0.15) is 0 Å². The van der Waals surface area contributed by atoms with Gasteiger partial charge in [0.1, 0.15) is 0 Å². The molecule has 0 aliphatic carbocycles. The first-order valence-corrected chi connectivity index (χ1v) is 11.7. The maximum atomic E-state index is 13.4. The molecule has 1 amide bonds. The van der Waals surface area contributed by atoms with Crippen molar-refractivity contribution in [3.05, 3.63) is 42.2 Å². The van der Waals surface area contributed by atoms with Gasteiger partial charge in [0, 0.05) is 38.8 Å². The van der Waals surface area contributed by atoms with Crippen molar-refractivity contribution < 1.29 is 4.79 Å². The van der Waals surface area contributed by atoms with E-state index in [1.165, 1.54) is 0 Å². The summed E-state index contributed by atoms with van der Waals surface area (Å²) in [7, 11) is 3.92. The number of hydrogen-bond donors (Lipinski definition) is 0. The lowest BCUT2D eigenvalue weighted by atomic mass is 9.92. The zero-order valence-electron chi connectivity index (χ0n) is 19.1. The third-order valence-electron chi connectivity index (χ3n) is 6.80. The molecule has 2 aliphatic heterocycles. The minimum Gasteiger partial charge on any atom is -0.347 e. The van der Waals surface area contributed by atoms with Gasteiger partial charge >= 0.3 is 0 Å². The standard InChI is InChI=1S/C25H35N5O/c1-4-29-15-12-19(13-16-29)17-23(31)30-14-8-11-22(30)24-21(20-9-6-5-7-10-20)18-26-25(27-24)28(2)3/h5-7,9-10,18-19,22H,4,8,11-17H2,1-3H3/t22-/m1/s1. The summed E-state index contributed by atoms with van der Waals surface area (Å²) in [6, 6.07) is 10.3. The van der Waals surface area contributed by atoms with Crippen molar-refractivity contribution in [2.45, 2.75) is 45.1 Å². The Hall–Kier alpha value is -2.47. The second kappa shape index (κ2) is 9.77. The number of nitrogens with zero attached hydrogens (tertiary/aromatic N) is 5. The second-order valence-corrected chi connectivity index (χ2v) is 9.06. The zero-order chi connectivity index (χ0) is 21.8. The highest BCUT2D eigenvalue weighted by Crippen LogP contribution is 2.38. The third kappa shape index (κ3) is 4.90. The average Bonchev–Trinajstić information content (AvgIpc) is 3.30. The first kappa shape index (κ1) is 21.8. The molecule has 1 aromatic heterocycles. The number of amides is 1.